The lowest BCUT2D eigenvalue weighted by atomic mass is 10.0. The van der Waals surface area contributed by atoms with Gasteiger partial charge in [-0.2, -0.15) is 0 Å². The molecule has 3 atom stereocenters. The highest BCUT2D eigenvalue weighted by molar-refractivity contribution is 7.85. The van der Waals surface area contributed by atoms with Gasteiger partial charge in [-0.1, -0.05) is 51.1 Å². The van der Waals surface area contributed by atoms with Crippen molar-refractivity contribution >= 4 is 10.8 Å². The molecule has 3 unspecified atom stereocenters. The molecule has 1 N–H and O–H groups in total. The summed E-state index contributed by atoms with van der Waals surface area (Å²) >= 11 is 0. The van der Waals surface area contributed by atoms with Crippen molar-refractivity contribution in [3.05, 3.63) is 35.9 Å². The van der Waals surface area contributed by atoms with Gasteiger partial charge >= 0.3 is 0 Å². The quantitative estimate of drug-likeness (QED) is 0.790. The molecule has 0 aliphatic carbocycles. The lowest BCUT2D eigenvalue weighted by molar-refractivity contribution is 0.534. The maximum absolute atomic E-state index is 12.5. The van der Waals surface area contributed by atoms with Gasteiger partial charge in [0.2, 0.25) is 0 Å². The van der Waals surface area contributed by atoms with E-state index in [4.69, 9.17) is 0 Å². The van der Waals surface area contributed by atoms with Crippen LogP contribution in [-0.4, -0.2) is 22.3 Å². The van der Waals surface area contributed by atoms with E-state index in [0.717, 1.165) is 18.6 Å². The van der Waals surface area contributed by atoms with Crippen LogP contribution in [0.4, 0.5) is 0 Å². The zero-order chi connectivity index (χ0) is 14.3. The summed E-state index contributed by atoms with van der Waals surface area (Å²) < 4.78 is 12.5. The molecule has 2 nitrogen and oxygen atoms in total. The summed E-state index contributed by atoms with van der Waals surface area (Å²) in [6.07, 6.45) is 1.97. The first-order chi connectivity index (χ1) is 9.10. The second kappa shape index (κ2) is 8.49. The maximum atomic E-state index is 12.5. The third-order valence-corrected chi connectivity index (χ3v) is 5.40. The van der Waals surface area contributed by atoms with Gasteiger partial charge in [0.05, 0.1) is 5.25 Å². The van der Waals surface area contributed by atoms with E-state index < -0.39 is 10.8 Å². The van der Waals surface area contributed by atoms with Crippen LogP contribution in [0.15, 0.2) is 30.3 Å². The fourth-order valence-electron chi connectivity index (χ4n) is 2.30. The van der Waals surface area contributed by atoms with E-state index >= 15 is 0 Å². The fraction of sp³-hybridized carbons (Fsp3) is 0.625. The smallest absolute Gasteiger partial charge is 0.0540 e. The third kappa shape index (κ3) is 5.07. The number of nitrogens with one attached hydrogen (secondary N) is 1. The van der Waals surface area contributed by atoms with E-state index in [2.05, 4.69) is 38.2 Å². The molecule has 0 saturated heterocycles. The van der Waals surface area contributed by atoms with Crippen LogP contribution in [0.1, 0.15) is 45.2 Å². The summed E-state index contributed by atoms with van der Waals surface area (Å²) in [5, 5.41) is 3.53. The molecular formula is C16H27NOS. The van der Waals surface area contributed by atoms with Gasteiger partial charge in [-0.25, -0.2) is 0 Å². The van der Waals surface area contributed by atoms with Crippen molar-refractivity contribution in [3.63, 3.8) is 0 Å². The van der Waals surface area contributed by atoms with E-state index in [1.807, 2.05) is 25.2 Å². The summed E-state index contributed by atoms with van der Waals surface area (Å²) in [5.41, 5.74) is 1.23. The highest BCUT2D eigenvalue weighted by atomic mass is 32.2. The molecule has 0 aromatic heterocycles. The third-order valence-electron chi connectivity index (χ3n) is 3.48. The average molecular weight is 281 g/mol. The molecule has 0 radical (unpaired) electrons. The van der Waals surface area contributed by atoms with Crippen LogP contribution in [0.2, 0.25) is 0 Å². The molecule has 0 saturated carbocycles. The number of rotatable bonds is 8. The van der Waals surface area contributed by atoms with Gasteiger partial charge in [0, 0.05) is 22.6 Å². The Kier molecular flexibility index (Phi) is 7.32. The molecule has 0 amide bonds. The second-order valence-corrected chi connectivity index (χ2v) is 7.17. The average Bonchev–Trinajstić information content (AvgIpc) is 2.42. The van der Waals surface area contributed by atoms with Gasteiger partial charge in [0.15, 0.2) is 0 Å². The minimum Gasteiger partial charge on any atom is -0.312 e. The minimum absolute atomic E-state index is 0.180. The topological polar surface area (TPSA) is 29.1 Å². The molecule has 0 aliphatic rings. The Bertz CT molecular complexity index is 378. The monoisotopic (exact) mass is 281 g/mol. The van der Waals surface area contributed by atoms with Crippen LogP contribution in [-0.2, 0) is 10.8 Å². The van der Waals surface area contributed by atoms with Crippen LogP contribution >= 0.6 is 0 Å². The molecule has 1 rings (SSSR count). The van der Waals surface area contributed by atoms with E-state index in [1.165, 1.54) is 5.56 Å². The molecule has 3 heteroatoms. The van der Waals surface area contributed by atoms with Gasteiger partial charge in [-0.05, 0) is 31.4 Å². The Hall–Kier alpha value is -0.670. The number of hydrogen-bond donors (Lipinski definition) is 1. The normalized spacial score (nSPS) is 16.3. The van der Waals surface area contributed by atoms with Gasteiger partial charge < -0.3 is 5.32 Å². The van der Waals surface area contributed by atoms with Crippen LogP contribution < -0.4 is 5.32 Å². The Labute approximate surface area is 120 Å². The van der Waals surface area contributed by atoms with Gasteiger partial charge in [0.25, 0.3) is 0 Å². The predicted octanol–water partition coefficient (Wildman–Crippen LogP) is 3.52. The fourth-order valence-corrected chi connectivity index (χ4v) is 4.28. The first kappa shape index (κ1) is 16.4. The Morgan fingerprint density at radius 3 is 2.32 bits per heavy atom. The van der Waals surface area contributed by atoms with E-state index in [9.17, 15) is 4.21 Å². The Balaban J connectivity index is 2.78. The highest BCUT2D eigenvalue weighted by Crippen LogP contribution is 2.23. The molecular weight excluding hydrogens is 254 g/mol. The highest BCUT2D eigenvalue weighted by Gasteiger charge is 2.25. The van der Waals surface area contributed by atoms with Crippen molar-refractivity contribution in [1.82, 2.24) is 5.32 Å². The summed E-state index contributed by atoms with van der Waals surface area (Å²) in [6, 6.07) is 10.5. The molecule has 0 spiro atoms. The predicted molar refractivity (Wildman–Crippen MR) is 84.8 cm³/mol. The first-order valence-corrected chi connectivity index (χ1v) is 8.57. The first-order valence-electron chi connectivity index (χ1n) is 7.19. The van der Waals surface area contributed by atoms with Crippen LogP contribution in [0.25, 0.3) is 0 Å². The van der Waals surface area contributed by atoms with Gasteiger partial charge in [0.1, 0.15) is 0 Å². The molecule has 0 bridgehead atoms. The zero-order valence-electron chi connectivity index (χ0n) is 12.6. The molecule has 108 valence electrons. The second-order valence-electron chi connectivity index (χ2n) is 5.39. The van der Waals surface area contributed by atoms with E-state index in [-0.39, 0.29) is 11.3 Å². The Morgan fingerprint density at radius 1 is 1.21 bits per heavy atom. The molecule has 1 aromatic rings. The van der Waals surface area contributed by atoms with Crippen LogP contribution in [0.3, 0.4) is 0 Å². The molecule has 0 heterocycles. The van der Waals surface area contributed by atoms with Gasteiger partial charge in [-0.3, -0.25) is 4.21 Å². The lowest BCUT2D eigenvalue weighted by Crippen LogP contribution is -2.33. The number of hydrogen-bond acceptors (Lipinski definition) is 2. The lowest BCUT2D eigenvalue weighted by Gasteiger charge is -2.26. The van der Waals surface area contributed by atoms with Crippen molar-refractivity contribution in [1.29, 1.82) is 0 Å². The number of benzene rings is 1. The maximum Gasteiger partial charge on any atom is 0.0540 e. The molecule has 0 fully saturated rings. The van der Waals surface area contributed by atoms with Crippen molar-refractivity contribution < 1.29 is 4.21 Å². The summed E-state index contributed by atoms with van der Waals surface area (Å²) in [5.74, 6) is 1.42. The summed E-state index contributed by atoms with van der Waals surface area (Å²) in [4.78, 5) is 0. The van der Waals surface area contributed by atoms with Crippen LogP contribution in [0.5, 0.6) is 0 Å². The largest absolute Gasteiger partial charge is 0.312 e. The van der Waals surface area contributed by atoms with E-state index in [1.54, 1.807) is 0 Å². The molecule has 0 aliphatic heterocycles. The van der Waals surface area contributed by atoms with Crippen molar-refractivity contribution in [2.45, 2.75) is 44.9 Å². The van der Waals surface area contributed by atoms with E-state index in [0.29, 0.717) is 5.92 Å². The zero-order valence-corrected chi connectivity index (χ0v) is 13.4. The van der Waals surface area contributed by atoms with Crippen molar-refractivity contribution in [3.8, 4) is 0 Å². The van der Waals surface area contributed by atoms with Crippen LogP contribution in [0, 0.1) is 5.92 Å². The molecule has 1 aromatic carbocycles. The minimum atomic E-state index is -0.771. The summed E-state index contributed by atoms with van der Waals surface area (Å²) in [6.45, 7) is 6.50. The van der Waals surface area contributed by atoms with Crippen molar-refractivity contribution in [2.24, 2.45) is 5.92 Å². The summed E-state index contributed by atoms with van der Waals surface area (Å²) in [7, 11) is 1.19. The standard InChI is InChI=1S/C16H27NOS/c1-5-15(19(18)12-11-13(2)3)16(17-4)14-9-7-6-8-10-14/h6-10,13,15-17H,5,11-12H2,1-4H3. The molecule has 19 heavy (non-hydrogen) atoms. The van der Waals surface area contributed by atoms with Gasteiger partial charge in [-0.15, -0.1) is 0 Å². The SMILES string of the molecule is CCC(C(NC)c1ccccc1)S(=O)CCC(C)C. The van der Waals surface area contributed by atoms with Crippen molar-refractivity contribution in [2.75, 3.05) is 12.8 Å². The Morgan fingerprint density at radius 2 is 1.84 bits per heavy atom.